The van der Waals surface area contributed by atoms with Crippen molar-refractivity contribution in [3.63, 3.8) is 0 Å². The van der Waals surface area contributed by atoms with E-state index in [1.54, 1.807) is 18.6 Å². The van der Waals surface area contributed by atoms with Gasteiger partial charge in [0.25, 0.3) is 0 Å². The number of piperazine rings is 1. The highest BCUT2D eigenvalue weighted by Gasteiger charge is 2.50. The molecule has 2 aliphatic carbocycles. The number of amides is 1. The Morgan fingerprint density at radius 2 is 1.79 bits per heavy atom. The molecule has 1 amide bonds. The summed E-state index contributed by atoms with van der Waals surface area (Å²) >= 11 is 0. The summed E-state index contributed by atoms with van der Waals surface area (Å²) in [4.78, 5) is 25.5. The SMILES string of the molecule is Cl.Cl.NC1C2CCC(C2)C1C(=O)N1CCN(c2cnccn2)CC1. The summed E-state index contributed by atoms with van der Waals surface area (Å²) in [5, 5.41) is 0. The molecule has 1 aromatic rings. The van der Waals surface area contributed by atoms with Crippen LogP contribution in [0.5, 0.6) is 0 Å². The first-order valence-corrected chi connectivity index (χ1v) is 8.29. The van der Waals surface area contributed by atoms with Crippen LogP contribution in [0.1, 0.15) is 19.3 Å². The molecule has 6 nitrogen and oxygen atoms in total. The Kier molecular flexibility index (Phi) is 6.28. The second kappa shape index (κ2) is 7.85. The zero-order valence-corrected chi connectivity index (χ0v) is 15.2. The molecule has 0 spiro atoms. The van der Waals surface area contributed by atoms with Gasteiger partial charge in [0.2, 0.25) is 5.91 Å². The minimum atomic E-state index is 0. The molecule has 4 atom stereocenters. The number of anilines is 1. The van der Waals surface area contributed by atoms with E-state index in [4.69, 9.17) is 5.73 Å². The van der Waals surface area contributed by atoms with Crippen molar-refractivity contribution in [1.82, 2.24) is 14.9 Å². The van der Waals surface area contributed by atoms with Crippen LogP contribution in [0.2, 0.25) is 0 Å². The summed E-state index contributed by atoms with van der Waals surface area (Å²) in [5.74, 6) is 2.37. The van der Waals surface area contributed by atoms with E-state index in [1.807, 2.05) is 4.90 Å². The Morgan fingerprint density at radius 1 is 1.08 bits per heavy atom. The van der Waals surface area contributed by atoms with Crippen LogP contribution in [0, 0.1) is 17.8 Å². The molecular formula is C16H25Cl2N5O. The predicted molar refractivity (Wildman–Crippen MR) is 97.6 cm³/mol. The molecule has 1 saturated heterocycles. The highest BCUT2D eigenvalue weighted by molar-refractivity contribution is 5.85. The van der Waals surface area contributed by atoms with Gasteiger partial charge in [-0.2, -0.15) is 0 Å². The van der Waals surface area contributed by atoms with Gasteiger partial charge in [-0.3, -0.25) is 9.78 Å². The van der Waals surface area contributed by atoms with E-state index in [1.165, 1.54) is 12.8 Å². The summed E-state index contributed by atoms with van der Waals surface area (Å²) in [5.41, 5.74) is 6.31. The zero-order chi connectivity index (χ0) is 15.1. The molecule has 2 N–H and O–H groups in total. The third-order valence-corrected chi connectivity index (χ3v) is 5.73. The van der Waals surface area contributed by atoms with Gasteiger partial charge < -0.3 is 15.5 Å². The summed E-state index contributed by atoms with van der Waals surface area (Å²) < 4.78 is 0. The predicted octanol–water partition coefficient (Wildman–Crippen LogP) is 1.34. The van der Waals surface area contributed by atoms with E-state index in [0.29, 0.717) is 17.7 Å². The van der Waals surface area contributed by atoms with Crippen LogP contribution in [-0.2, 0) is 4.79 Å². The molecule has 134 valence electrons. The number of carbonyl (C=O) groups is 1. The Morgan fingerprint density at radius 3 is 2.38 bits per heavy atom. The summed E-state index contributed by atoms with van der Waals surface area (Å²) in [6, 6.07) is 0.0873. The van der Waals surface area contributed by atoms with E-state index in [9.17, 15) is 4.79 Å². The van der Waals surface area contributed by atoms with Gasteiger partial charge in [0.1, 0.15) is 5.82 Å². The molecule has 2 saturated carbocycles. The maximum absolute atomic E-state index is 12.8. The highest BCUT2D eigenvalue weighted by atomic mass is 35.5. The van der Waals surface area contributed by atoms with Gasteiger partial charge >= 0.3 is 0 Å². The topological polar surface area (TPSA) is 75.4 Å². The molecule has 4 rings (SSSR count). The fourth-order valence-electron chi connectivity index (χ4n) is 4.52. The Balaban J connectivity index is 0.00000104. The smallest absolute Gasteiger partial charge is 0.227 e. The molecule has 4 unspecified atom stereocenters. The van der Waals surface area contributed by atoms with E-state index in [-0.39, 0.29) is 36.8 Å². The van der Waals surface area contributed by atoms with Crippen molar-refractivity contribution in [2.24, 2.45) is 23.5 Å². The third-order valence-electron chi connectivity index (χ3n) is 5.73. The molecule has 3 fully saturated rings. The Bertz CT molecular complexity index is 551. The first-order chi connectivity index (χ1) is 10.7. The molecular weight excluding hydrogens is 349 g/mol. The van der Waals surface area contributed by atoms with Gasteiger partial charge in [0, 0.05) is 44.6 Å². The van der Waals surface area contributed by atoms with Crippen molar-refractivity contribution in [1.29, 1.82) is 0 Å². The number of nitrogens with two attached hydrogens (primary N) is 1. The first-order valence-electron chi connectivity index (χ1n) is 8.29. The highest BCUT2D eigenvalue weighted by Crippen LogP contribution is 2.48. The maximum atomic E-state index is 12.8. The Labute approximate surface area is 155 Å². The quantitative estimate of drug-likeness (QED) is 0.846. The Hall–Kier alpha value is -1.11. The fourth-order valence-corrected chi connectivity index (χ4v) is 4.52. The van der Waals surface area contributed by atoms with Crippen LogP contribution < -0.4 is 10.6 Å². The van der Waals surface area contributed by atoms with Gasteiger partial charge in [0.05, 0.1) is 12.1 Å². The maximum Gasteiger partial charge on any atom is 0.227 e. The molecule has 24 heavy (non-hydrogen) atoms. The van der Waals surface area contributed by atoms with Crippen LogP contribution in [-0.4, -0.2) is 53.0 Å². The number of fused-ring (bicyclic) bond motifs is 2. The monoisotopic (exact) mass is 373 g/mol. The van der Waals surface area contributed by atoms with E-state index in [0.717, 1.165) is 38.4 Å². The fraction of sp³-hybridized carbons (Fsp3) is 0.688. The lowest BCUT2D eigenvalue weighted by atomic mass is 9.84. The zero-order valence-electron chi connectivity index (χ0n) is 13.6. The van der Waals surface area contributed by atoms with Gasteiger partial charge in [0.15, 0.2) is 0 Å². The summed E-state index contributed by atoms with van der Waals surface area (Å²) in [6.07, 6.45) is 8.74. The van der Waals surface area contributed by atoms with Gasteiger partial charge in [-0.25, -0.2) is 4.98 Å². The molecule has 0 radical (unpaired) electrons. The second-order valence-electron chi connectivity index (χ2n) is 6.81. The number of nitrogens with zero attached hydrogens (tertiary/aromatic N) is 4. The largest absolute Gasteiger partial charge is 0.352 e. The van der Waals surface area contributed by atoms with E-state index in [2.05, 4.69) is 14.9 Å². The van der Waals surface area contributed by atoms with Crippen molar-refractivity contribution in [3.05, 3.63) is 18.6 Å². The number of hydrogen-bond acceptors (Lipinski definition) is 5. The van der Waals surface area contributed by atoms with Crippen molar-refractivity contribution in [3.8, 4) is 0 Å². The normalized spacial score (nSPS) is 31.4. The van der Waals surface area contributed by atoms with E-state index >= 15 is 0 Å². The molecule has 2 bridgehead atoms. The van der Waals surface area contributed by atoms with Crippen molar-refractivity contribution in [2.75, 3.05) is 31.1 Å². The lowest BCUT2D eigenvalue weighted by Gasteiger charge is -2.38. The number of halogens is 2. The third kappa shape index (κ3) is 3.32. The average Bonchev–Trinajstić information content (AvgIpc) is 3.16. The molecule has 1 aliphatic heterocycles. The standard InChI is InChI=1S/C16H23N5O.2ClH/c17-15-12-2-1-11(9-12)14(15)16(22)21-7-5-20(6-8-21)13-10-18-3-4-19-13;;/h3-4,10-12,14-15H,1-2,5-9,17H2;2*1H. The van der Waals surface area contributed by atoms with Crippen LogP contribution in [0.25, 0.3) is 0 Å². The second-order valence-corrected chi connectivity index (χ2v) is 6.81. The number of carbonyl (C=O) groups excluding carboxylic acids is 1. The first kappa shape index (κ1) is 19.2. The van der Waals surface area contributed by atoms with Crippen LogP contribution in [0.3, 0.4) is 0 Å². The molecule has 0 aromatic carbocycles. The number of aromatic nitrogens is 2. The minimum absolute atomic E-state index is 0. The van der Waals surface area contributed by atoms with Gasteiger partial charge in [-0.05, 0) is 31.1 Å². The number of rotatable bonds is 2. The average molecular weight is 374 g/mol. The molecule has 2 heterocycles. The summed E-state index contributed by atoms with van der Waals surface area (Å²) in [6.45, 7) is 3.16. The molecule has 8 heteroatoms. The lowest BCUT2D eigenvalue weighted by Crippen LogP contribution is -2.54. The van der Waals surface area contributed by atoms with Gasteiger partial charge in [-0.1, -0.05) is 0 Å². The summed E-state index contributed by atoms with van der Waals surface area (Å²) in [7, 11) is 0. The van der Waals surface area contributed by atoms with Crippen molar-refractivity contribution >= 4 is 36.5 Å². The van der Waals surface area contributed by atoms with Gasteiger partial charge in [-0.15, -0.1) is 24.8 Å². The minimum Gasteiger partial charge on any atom is -0.352 e. The van der Waals surface area contributed by atoms with Crippen molar-refractivity contribution < 1.29 is 4.79 Å². The van der Waals surface area contributed by atoms with E-state index < -0.39 is 0 Å². The van der Waals surface area contributed by atoms with Crippen LogP contribution >= 0.6 is 24.8 Å². The molecule has 1 aromatic heterocycles. The van der Waals surface area contributed by atoms with Crippen molar-refractivity contribution in [2.45, 2.75) is 25.3 Å². The van der Waals surface area contributed by atoms with Crippen LogP contribution in [0.4, 0.5) is 5.82 Å². The molecule has 3 aliphatic rings. The lowest BCUT2D eigenvalue weighted by molar-refractivity contribution is -0.138. The van der Waals surface area contributed by atoms with Crippen LogP contribution in [0.15, 0.2) is 18.6 Å². The number of hydrogen-bond donors (Lipinski definition) is 1.